The number of sulfonamides is 1. The molecule has 0 aliphatic heterocycles. The Hall–Kier alpha value is -0.920. The van der Waals surface area contributed by atoms with Crippen molar-refractivity contribution in [3.63, 3.8) is 0 Å². The minimum atomic E-state index is -3.62. The van der Waals surface area contributed by atoms with Gasteiger partial charge in [-0.2, -0.15) is 0 Å². The van der Waals surface area contributed by atoms with E-state index in [0.29, 0.717) is 4.47 Å². The molecule has 0 aliphatic carbocycles. The summed E-state index contributed by atoms with van der Waals surface area (Å²) in [6.45, 7) is 3.44. The molecule has 0 fully saturated rings. The zero-order valence-electron chi connectivity index (χ0n) is 10.2. The van der Waals surface area contributed by atoms with Crippen molar-refractivity contribution in [1.29, 1.82) is 0 Å². The predicted octanol–water partition coefficient (Wildman–Crippen LogP) is 1.92. The molecule has 0 atom stereocenters. The number of hydrogen-bond donors (Lipinski definition) is 1. The van der Waals surface area contributed by atoms with Crippen LogP contribution >= 0.6 is 15.9 Å². The zero-order valence-corrected chi connectivity index (χ0v) is 12.6. The molecule has 18 heavy (non-hydrogen) atoms. The van der Waals surface area contributed by atoms with Gasteiger partial charge in [0, 0.05) is 10.5 Å². The Labute approximate surface area is 115 Å². The van der Waals surface area contributed by atoms with Crippen LogP contribution in [0.4, 0.5) is 0 Å². The van der Waals surface area contributed by atoms with Crippen LogP contribution in [0.5, 0.6) is 0 Å². The van der Waals surface area contributed by atoms with E-state index < -0.39 is 16.0 Å². The maximum atomic E-state index is 11.9. The number of benzene rings is 1. The highest BCUT2D eigenvalue weighted by Crippen LogP contribution is 2.21. The van der Waals surface area contributed by atoms with Gasteiger partial charge < -0.3 is 4.74 Å². The summed E-state index contributed by atoms with van der Waals surface area (Å²) in [4.78, 5) is 11.5. The molecule has 0 amide bonds. The lowest BCUT2D eigenvalue weighted by Crippen LogP contribution is -2.30. The average Bonchev–Trinajstić information content (AvgIpc) is 2.26. The third-order valence-electron chi connectivity index (χ3n) is 2.04. The predicted molar refractivity (Wildman–Crippen MR) is 70.9 cm³/mol. The standard InChI is InChI=1S/C11H14BrNO4S/c1-7(2)13-18(15,16)8-4-5-10(12)9(6-8)11(14)17-3/h4-7,13H,1-3H3. The molecule has 1 rings (SSSR count). The van der Waals surface area contributed by atoms with E-state index in [9.17, 15) is 13.2 Å². The lowest BCUT2D eigenvalue weighted by atomic mass is 10.2. The third kappa shape index (κ3) is 3.54. The minimum Gasteiger partial charge on any atom is -0.465 e. The highest BCUT2D eigenvalue weighted by atomic mass is 79.9. The third-order valence-corrected chi connectivity index (χ3v) is 4.39. The highest BCUT2D eigenvalue weighted by molar-refractivity contribution is 9.10. The number of methoxy groups -OCH3 is 1. The van der Waals surface area contributed by atoms with Crippen LogP contribution in [0.2, 0.25) is 0 Å². The van der Waals surface area contributed by atoms with Crippen molar-refractivity contribution in [2.75, 3.05) is 7.11 Å². The van der Waals surface area contributed by atoms with Gasteiger partial charge in [0.25, 0.3) is 0 Å². The van der Waals surface area contributed by atoms with E-state index >= 15 is 0 Å². The van der Waals surface area contributed by atoms with Gasteiger partial charge in [0.1, 0.15) is 0 Å². The van der Waals surface area contributed by atoms with Gasteiger partial charge in [0.05, 0.1) is 17.6 Å². The fourth-order valence-electron chi connectivity index (χ4n) is 1.32. The van der Waals surface area contributed by atoms with Crippen LogP contribution in [-0.2, 0) is 14.8 Å². The van der Waals surface area contributed by atoms with Crippen LogP contribution in [0.15, 0.2) is 27.6 Å². The number of rotatable bonds is 4. The number of carbonyl (C=O) groups is 1. The smallest absolute Gasteiger partial charge is 0.339 e. The lowest BCUT2D eigenvalue weighted by molar-refractivity contribution is 0.0599. The molecular formula is C11H14BrNO4S. The normalized spacial score (nSPS) is 11.6. The topological polar surface area (TPSA) is 72.5 Å². The second kappa shape index (κ2) is 5.81. The van der Waals surface area contributed by atoms with Crippen molar-refractivity contribution in [1.82, 2.24) is 4.72 Å². The summed E-state index contributed by atoms with van der Waals surface area (Å²) < 4.78 is 31.4. The molecule has 1 aromatic carbocycles. The minimum absolute atomic E-state index is 0.0276. The maximum absolute atomic E-state index is 11.9. The summed E-state index contributed by atoms with van der Waals surface area (Å²) in [5.74, 6) is -0.594. The SMILES string of the molecule is COC(=O)c1cc(S(=O)(=O)NC(C)C)ccc1Br. The summed E-state index contributed by atoms with van der Waals surface area (Å²) in [7, 11) is -2.38. The molecule has 1 aromatic rings. The van der Waals surface area contributed by atoms with Crippen molar-refractivity contribution >= 4 is 31.9 Å². The van der Waals surface area contributed by atoms with Gasteiger partial charge in [-0.25, -0.2) is 17.9 Å². The molecule has 7 heteroatoms. The van der Waals surface area contributed by atoms with Gasteiger partial charge in [-0.15, -0.1) is 0 Å². The summed E-state index contributed by atoms with van der Waals surface area (Å²) in [5.41, 5.74) is 0.170. The van der Waals surface area contributed by atoms with E-state index in [1.807, 2.05) is 0 Å². The van der Waals surface area contributed by atoms with E-state index in [1.54, 1.807) is 13.8 Å². The van der Waals surface area contributed by atoms with Crippen molar-refractivity contribution < 1.29 is 17.9 Å². The number of ether oxygens (including phenoxy) is 1. The largest absolute Gasteiger partial charge is 0.465 e. The van der Waals surface area contributed by atoms with Crippen LogP contribution in [0.3, 0.4) is 0 Å². The number of hydrogen-bond acceptors (Lipinski definition) is 4. The molecule has 0 aliphatic rings. The molecule has 0 unspecified atom stereocenters. The molecule has 0 heterocycles. The fourth-order valence-corrected chi connectivity index (χ4v) is 3.00. The second-order valence-electron chi connectivity index (χ2n) is 3.91. The summed E-state index contributed by atoms with van der Waals surface area (Å²) >= 11 is 3.17. The molecule has 0 saturated carbocycles. The Kier molecular flexibility index (Phi) is 4.89. The maximum Gasteiger partial charge on any atom is 0.339 e. The van der Waals surface area contributed by atoms with E-state index in [1.165, 1.54) is 25.3 Å². The molecule has 5 nitrogen and oxygen atoms in total. The molecule has 0 spiro atoms. The number of nitrogens with one attached hydrogen (secondary N) is 1. The van der Waals surface area contributed by atoms with Gasteiger partial charge in [0.2, 0.25) is 10.0 Å². The van der Waals surface area contributed by atoms with Gasteiger partial charge in [-0.05, 0) is 48.0 Å². The number of esters is 1. The van der Waals surface area contributed by atoms with Gasteiger partial charge >= 0.3 is 5.97 Å². The Morgan fingerprint density at radius 2 is 2.00 bits per heavy atom. The first-order valence-electron chi connectivity index (χ1n) is 5.18. The second-order valence-corrected chi connectivity index (χ2v) is 6.48. The Morgan fingerprint density at radius 1 is 1.39 bits per heavy atom. The van der Waals surface area contributed by atoms with Gasteiger partial charge in [-0.1, -0.05) is 0 Å². The zero-order chi connectivity index (χ0) is 13.9. The first-order valence-corrected chi connectivity index (χ1v) is 7.45. The molecule has 0 radical (unpaired) electrons. The first kappa shape index (κ1) is 15.1. The molecule has 0 aromatic heterocycles. The molecule has 0 bridgehead atoms. The highest BCUT2D eigenvalue weighted by Gasteiger charge is 2.19. The first-order chi connectivity index (χ1) is 8.27. The van der Waals surface area contributed by atoms with Crippen LogP contribution in [0.1, 0.15) is 24.2 Å². The van der Waals surface area contributed by atoms with E-state index in [0.717, 1.165) is 0 Å². The van der Waals surface area contributed by atoms with Crippen molar-refractivity contribution in [3.8, 4) is 0 Å². The lowest BCUT2D eigenvalue weighted by Gasteiger charge is -2.11. The van der Waals surface area contributed by atoms with E-state index in [2.05, 4.69) is 25.4 Å². The van der Waals surface area contributed by atoms with Crippen molar-refractivity contribution in [2.24, 2.45) is 0 Å². The van der Waals surface area contributed by atoms with Crippen LogP contribution in [0, 0.1) is 0 Å². The molecule has 0 saturated heterocycles. The van der Waals surface area contributed by atoms with E-state index in [4.69, 9.17) is 0 Å². The van der Waals surface area contributed by atoms with Crippen LogP contribution in [-0.4, -0.2) is 27.5 Å². The van der Waals surface area contributed by atoms with E-state index in [-0.39, 0.29) is 16.5 Å². The fraction of sp³-hybridized carbons (Fsp3) is 0.364. The molecular weight excluding hydrogens is 322 g/mol. The summed E-state index contributed by atoms with van der Waals surface area (Å²) in [6, 6.07) is 3.98. The summed E-state index contributed by atoms with van der Waals surface area (Å²) in [6.07, 6.45) is 0. The average molecular weight is 336 g/mol. The van der Waals surface area contributed by atoms with Crippen molar-refractivity contribution in [3.05, 3.63) is 28.2 Å². The van der Waals surface area contributed by atoms with Crippen molar-refractivity contribution in [2.45, 2.75) is 24.8 Å². The Bertz CT molecular complexity index is 554. The van der Waals surface area contributed by atoms with Gasteiger partial charge in [-0.3, -0.25) is 0 Å². The monoisotopic (exact) mass is 335 g/mol. The Morgan fingerprint density at radius 3 is 2.50 bits per heavy atom. The van der Waals surface area contributed by atoms with Crippen LogP contribution < -0.4 is 4.72 Å². The molecule has 1 N–H and O–H groups in total. The number of carbonyl (C=O) groups excluding carboxylic acids is 1. The quantitative estimate of drug-likeness (QED) is 0.853. The van der Waals surface area contributed by atoms with Crippen LogP contribution in [0.25, 0.3) is 0 Å². The molecule has 100 valence electrons. The Balaban J connectivity index is 3.24. The summed E-state index contributed by atoms with van der Waals surface area (Å²) in [5, 5.41) is 0. The van der Waals surface area contributed by atoms with Gasteiger partial charge in [0.15, 0.2) is 0 Å². The number of halogens is 1.